The Bertz CT molecular complexity index is 2860. The summed E-state index contributed by atoms with van der Waals surface area (Å²) in [7, 11) is 0. The van der Waals surface area contributed by atoms with Crippen molar-refractivity contribution in [2.45, 2.75) is 0 Å². The van der Waals surface area contributed by atoms with Crippen LogP contribution < -0.4 is 9.80 Å². The molecule has 0 aliphatic carbocycles. The molecule has 0 saturated carbocycles. The normalized spacial score (nSPS) is 11.7. The summed E-state index contributed by atoms with van der Waals surface area (Å²) in [5.41, 5.74) is 8.60. The second-order valence-corrected chi connectivity index (χ2v) is 14.8. The number of fused-ring (bicyclic) bond motifs is 9. The first kappa shape index (κ1) is 30.7. The number of anilines is 6. The predicted molar refractivity (Wildman–Crippen MR) is 231 cm³/mol. The first-order valence-electron chi connectivity index (χ1n) is 18.2. The summed E-state index contributed by atoms with van der Waals surface area (Å²) in [5, 5.41) is 9.56. The summed E-state index contributed by atoms with van der Waals surface area (Å²) in [6.07, 6.45) is 0. The summed E-state index contributed by atoms with van der Waals surface area (Å²) >= 11 is 1.82. The molecule has 0 aliphatic heterocycles. The van der Waals surface area contributed by atoms with Gasteiger partial charge in [-0.3, -0.25) is 0 Å². The topological polar surface area (TPSA) is 19.6 Å². The molecule has 4 heteroatoms. The minimum absolute atomic E-state index is 0.905. The minimum atomic E-state index is 0.905. The number of thiophene rings is 1. The molecule has 0 bridgehead atoms. The number of hydrogen-bond donors (Lipinski definition) is 0. The van der Waals surface area contributed by atoms with Crippen molar-refractivity contribution in [3.05, 3.63) is 194 Å². The van der Waals surface area contributed by atoms with E-state index in [-0.39, 0.29) is 0 Å². The molecule has 3 nitrogen and oxygen atoms in total. The molecule has 0 radical (unpaired) electrons. The molecule has 0 unspecified atom stereocenters. The van der Waals surface area contributed by atoms with E-state index in [1.807, 2.05) is 11.3 Å². The van der Waals surface area contributed by atoms with Gasteiger partial charge in [0.2, 0.25) is 0 Å². The van der Waals surface area contributed by atoms with Crippen molar-refractivity contribution in [2.75, 3.05) is 9.80 Å². The van der Waals surface area contributed by atoms with Crippen molar-refractivity contribution >= 4 is 109 Å². The SMILES string of the molecule is c1ccc(N(c2ccccc2)c2ccc3cc4c(cc3c2)oc2c4ccc3c4cc5ccc(N(c6ccccc6)c6ccccc6)cc5cc4sc32)cc1. The molecule has 54 heavy (non-hydrogen) atoms. The molecule has 11 rings (SSSR count). The highest BCUT2D eigenvalue weighted by molar-refractivity contribution is 7.26. The van der Waals surface area contributed by atoms with Crippen molar-refractivity contribution in [3.63, 3.8) is 0 Å². The van der Waals surface area contributed by atoms with Gasteiger partial charge in [0.15, 0.2) is 5.58 Å². The average molecular weight is 709 g/mol. The van der Waals surface area contributed by atoms with Crippen molar-refractivity contribution < 1.29 is 4.42 Å². The fraction of sp³-hybridized carbons (Fsp3) is 0. The van der Waals surface area contributed by atoms with Gasteiger partial charge in [-0.05, 0) is 125 Å². The van der Waals surface area contributed by atoms with Crippen LogP contribution in [0.25, 0.3) is 63.7 Å². The van der Waals surface area contributed by atoms with E-state index >= 15 is 0 Å². The Morgan fingerprint density at radius 1 is 0.333 bits per heavy atom. The van der Waals surface area contributed by atoms with Crippen LogP contribution in [0.1, 0.15) is 0 Å². The molecule has 254 valence electrons. The lowest BCUT2D eigenvalue weighted by atomic mass is 10.0. The molecule has 0 aliphatic rings. The zero-order valence-corrected chi connectivity index (χ0v) is 30.0. The average Bonchev–Trinajstić information content (AvgIpc) is 3.78. The third-order valence-corrected chi connectivity index (χ3v) is 11.7. The minimum Gasteiger partial charge on any atom is -0.455 e. The van der Waals surface area contributed by atoms with Crippen LogP contribution in [0.4, 0.5) is 34.1 Å². The quantitative estimate of drug-likeness (QED) is 0.171. The molecule has 0 amide bonds. The van der Waals surface area contributed by atoms with E-state index in [0.29, 0.717) is 0 Å². The molecule has 0 N–H and O–H groups in total. The molecule has 0 fully saturated rings. The lowest BCUT2D eigenvalue weighted by Crippen LogP contribution is -2.09. The van der Waals surface area contributed by atoms with Gasteiger partial charge in [0.1, 0.15) is 5.58 Å². The summed E-state index contributed by atoms with van der Waals surface area (Å²) in [5.74, 6) is 0. The van der Waals surface area contributed by atoms with Gasteiger partial charge in [-0.25, -0.2) is 0 Å². The zero-order chi connectivity index (χ0) is 35.6. The maximum absolute atomic E-state index is 6.81. The van der Waals surface area contributed by atoms with Gasteiger partial charge in [-0.2, -0.15) is 0 Å². The van der Waals surface area contributed by atoms with Crippen LogP contribution >= 0.6 is 11.3 Å². The van der Waals surface area contributed by atoms with Crippen LogP contribution in [0.15, 0.2) is 199 Å². The standard InChI is InChI=1S/C50H32N2OS/c1-5-13-37(14-6-1)51(38-15-7-2-8-16-38)41-23-21-33-29-45-43-25-26-44-46-30-34-22-24-42(52(39-17-9-3-10-18-39)40-19-11-4-12-20-40)28-36(34)32-48(46)54-50(44)49(43)53-47(45)31-35(33)27-41/h1-32H. The largest absolute Gasteiger partial charge is 0.455 e. The lowest BCUT2D eigenvalue weighted by molar-refractivity contribution is 0.674. The van der Waals surface area contributed by atoms with Gasteiger partial charge in [0.05, 0.1) is 4.70 Å². The highest BCUT2D eigenvalue weighted by Gasteiger charge is 2.18. The summed E-state index contributed by atoms with van der Waals surface area (Å²) in [6, 6.07) is 69.5. The molecule has 2 heterocycles. The third-order valence-electron chi connectivity index (χ3n) is 10.5. The number of benzene rings is 9. The Balaban J connectivity index is 1.04. The van der Waals surface area contributed by atoms with Crippen LogP contribution in [0.5, 0.6) is 0 Å². The lowest BCUT2D eigenvalue weighted by Gasteiger charge is -2.25. The van der Waals surface area contributed by atoms with E-state index in [1.54, 1.807) is 0 Å². The maximum atomic E-state index is 6.81. The molecule has 11 aromatic rings. The summed E-state index contributed by atoms with van der Waals surface area (Å²) in [6.45, 7) is 0. The maximum Gasteiger partial charge on any atom is 0.153 e. The number of nitrogens with zero attached hydrogens (tertiary/aromatic N) is 2. The smallest absolute Gasteiger partial charge is 0.153 e. The van der Waals surface area contributed by atoms with E-state index in [0.717, 1.165) is 61.4 Å². The third kappa shape index (κ3) is 5.03. The number of hydrogen-bond acceptors (Lipinski definition) is 4. The molecular formula is C50H32N2OS. The van der Waals surface area contributed by atoms with Gasteiger partial charge in [-0.15, -0.1) is 11.3 Å². The van der Waals surface area contributed by atoms with Crippen LogP contribution in [0, 0.1) is 0 Å². The molecule has 0 saturated heterocycles. The molecule has 0 spiro atoms. The van der Waals surface area contributed by atoms with E-state index in [1.165, 1.54) is 36.3 Å². The first-order chi connectivity index (χ1) is 26.7. The number of furan rings is 1. The first-order valence-corrected chi connectivity index (χ1v) is 19.1. The van der Waals surface area contributed by atoms with Gasteiger partial charge in [0, 0.05) is 60.4 Å². The Labute approximate surface area is 316 Å². The molecule has 0 atom stereocenters. The molecule has 2 aromatic heterocycles. The fourth-order valence-electron chi connectivity index (χ4n) is 8.01. The molecular weight excluding hydrogens is 677 g/mol. The van der Waals surface area contributed by atoms with Crippen molar-refractivity contribution in [1.82, 2.24) is 0 Å². The fourth-order valence-corrected chi connectivity index (χ4v) is 9.23. The number of rotatable bonds is 6. The van der Waals surface area contributed by atoms with E-state index in [2.05, 4.69) is 204 Å². The second-order valence-electron chi connectivity index (χ2n) is 13.8. The van der Waals surface area contributed by atoms with Crippen molar-refractivity contribution in [2.24, 2.45) is 0 Å². The van der Waals surface area contributed by atoms with Crippen LogP contribution in [-0.4, -0.2) is 0 Å². The van der Waals surface area contributed by atoms with Crippen LogP contribution in [-0.2, 0) is 0 Å². The molecule has 9 aromatic carbocycles. The van der Waals surface area contributed by atoms with Gasteiger partial charge in [0.25, 0.3) is 0 Å². The predicted octanol–water partition coefficient (Wildman–Crippen LogP) is 15.2. The highest BCUT2D eigenvalue weighted by atomic mass is 32.1. The van der Waals surface area contributed by atoms with Gasteiger partial charge >= 0.3 is 0 Å². The van der Waals surface area contributed by atoms with Crippen LogP contribution in [0.3, 0.4) is 0 Å². The monoisotopic (exact) mass is 708 g/mol. The second kappa shape index (κ2) is 12.4. The van der Waals surface area contributed by atoms with Crippen molar-refractivity contribution in [1.29, 1.82) is 0 Å². The highest BCUT2D eigenvalue weighted by Crippen LogP contribution is 2.45. The Kier molecular flexibility index (Phi) is 7.04. The summed E-state index contributed by atoms with van der Waals surface area (Å²) in [4.78, 5) is 4.62. The van der Waals surface area contributed by atoms with E-state index in [9.17, 15) is 0 Å². The number of para-hydroxylation sites is 4. The Morgan fingerprint density at radius 2 is 0.796 bits per heavy atom. The van der Waals surface area contributed by atoms with E-state index in [4.69, 9.17) is 4.42 Å². The van der Waals surface area contributed by atoms with Gasteiger partial charge in [-0.1, -0.05) is 91.0 Å². The van der Waals surface area contributed by atoms with Gasteiger partial charge < -0.3 is 14.2 Å². The van der Waals surface area contributed by atoms with E-state index < -0.39 is 0 Å². The zero-order valence-electron chi connectivity index (χ0n) is 29.2. The Hall–Kier alpha value is -6.88. The van der Waals surface area contributed by atoms with Crippen LogP contribution in [0.2, 0.25) is 0 Å². The Morgan fingerprint density at radius 3 is 1.31 bits per heavy atom. The summed E-state index contributed by atoms with van der Waals surface area (Å²) < 4.78 is 9.25. The van der Waals surface area contributed by atoms with Crippen molar-refractivity contribution in [3.8, 4) is 0 Å².